The molecule has 0 saturated carbocycles. The second kappa shape index (κ2) is 9.37. The molecule has 0 radical (unpaired) electrons. The van der Waals surface area contributed by atoms with Crippen LogP contribution in [0.4, 0.5) is 0 Å². The molecule has 1 unspecified atom stereocenters. The number of benzene rings is 1. The minimum Gasteiger partial charge on any atom is -0.481 e. The average Bonchev–Trinajstić information content (AvgIpc) is 2.61. The number of hydrogen-bond acceptors (Lipinski definition) is 3. The number of rotatable bonds is 8. The van der Waals surface area contributed by atoms with Crippen LogP contribution >= 0.6 is 11.6 Å². The number of pyridine rings is 1. The topological polar surface area (TPSA) is 88.4 Å². The molecule has 1 atom stereocenters. The summed E-state index contributed by atoms with van der Waals surface area (Å²) in [4.78, 5) is 35.8. The van der Waals surface area contributed by atoms with Gasteiger partial charge in [0.15, 0.2) is 0 Å². The Morgan fingerprint density at radius 1 is 1.19 bits per heavy atom. The second-order valence-electron chi connectivity index (χ2n) is 6.85. The summed E-state index contributed by atoms with van der Waals surface area (Å²) < 4.78 is 1.40. The highest BCUT2D eigenvalue weighted by molar-refractivity contribution is 6.31. The average molecular weight is 391 g/mol. The van der Waals surface area contributed by atoms with E-state index in [1.807, 2.05) is 26.0 Å². The summed E-state index contributed by atoms with van der Waals surface area (Å²) >= 11 is 6.13. The molecule has 0 aliphatic carbocycles. The molecule has 6 nitrogen and oxygen atoms in total. The first-order valence-corrected chi connectivity index (χ1v) is 9.10. The van der Waals surface area contributed by atoms with Gasteiger partial charge in [0.25, 0.3) is 11.5 Å². The van der Waals surface area contributed by atoms with E-state index < -0.39 is 17.8 Å². The first kappa shape index (κ1) is 20.7. The number of halogens is 1. The van der Waals surface area contributed by atoms with Crippen molar-refractivity contribution in [2.24, 2.45) is 11.8 Å². The third-order valence-corrected chi connectivity index (χ3v) is 4.53. The van der Waals surface area contributed by atoms with Crippen molar-refractivity contribution in [3.8, 4) is 0 Å². The number of hydrogen-bond donors (Lipinski definition) is 2. The van der Waals surface area contributed by atoms with Gasteiger partial charge < -0.3 is 15.0 Å². The van der Waals surface area contributed by atoms with Crippen LogP contribution in [0.3, 0.4) is 0 Å². The zero-order valence-electron chi connectivity index (χ0n) is 15.3. The molecule has 0 aliphatic rings. The van der Waals surface area contributed by atoms with Gasteiger partial charge in [-0.3, -0.25) is 14.4 Å². The molecule has 0 bridgehead atoms. The zero-order valence-corrected chi connectivity index (χ0v) is 16.1. The predicted molar refractivity (Wildman–Crippen MR) is 104 cm³/mol. The third-order valence-electron chi connectivity index (χ3n) is 4.16. The molecule has 2 aromatic rings. The number of aliphatic carboxylic acids is 1. The maximum absolute atomic E-state index is 12.4. The SMILES string of the molecule is CC(C)CC(CNC(=O)c1ccc(=O)n(Cc2ccccc2Cl)c1)C(=O)O. The van der Waals surface area contributed by atoms with Gasteiger partial charge in [0.1, 0.15) is 0 Å². The van der Waals surface area contributed by atoms with Crippen LogP contribution in [0.25, 0.3) is 0 Å². The van der Waals surface area contributed by atoms with Gasteiger partial charge >= 0.3 is 5.97 Å². The lowest BCUT2D eigenvalue weighted by molar-refractivity contribution is -0.142. The van der Waals surface area contributed by atoms with E-state index in [-0.39, 0.29) is 30.1 Å². The van der Waals surface area contributed by atoms with Crippen LogP contribution in [0, 0.1) is 11.8 Å². The molecule has 1 amide bonds. The van der Waals surface area contributed by atoms with Crippen molar-refractivity contribution in [3.05, 3.63) is 69.1 Å². The summed E-state index contributed by atoms with van der Waals surface area (Å²) in [5.41, 5.74) is 0.798. The molecule has 0 fully saturated rings. The van der Waals surface area contributed by atoms with Crippen LogP contribution in [-0.2, 0) is 11.3 Å². The summed E-state index contributed by atoms with van der Waals surface area (Å²) in [7, 11) is 0. The number of nitrogens with one attached hydrogen (secondary N) is 1. The predicted octanol–water partition coefficient (Wildman–Crippen LogP) is 3.03. The smallest absolute Gasteiger partial charge is 0.308 e. The van der Waals surface area contributed by atoms with E-state index in [0.717, 1.165) is 5.56 Å². The van der Waals surface area contributed by atoms with Gasteiger partial charge in [0.05, 0.1) is 18.0 Å². The van der Waals surface area contributed by atoms with Crippen molar-refractivity contribution >= 4 is 23.5 Å². The Morgan fingerprint density at radius 3 is 2.52 bits per heavy atom. The number of nitrogens with zero attached hydrogens (tertiary/aromatic N) is 1. The molecule has 2 N–H and O–H groups in total. The lowest BCUT2D eigenvalue weighted by Crippen LogP contribution is -2.34. The standard InChI is InChI=1S/C20H23ClN2O4/c1-13(2)9-16(20(26)27)10-22-19(25)15-7-8-18(24)23(12-15)11-14-5-3-4-6-17(14)21/h3-8,12-13,16H,9-11H2,1-2H3,(H,22,25)(H,26,27). The molecule has 144 valence electrons. The first-order valence-electron chi connectivity index (χ1n) is 8.72. The summed E-state index contributed by atoms with van der Waals surface area (Å²) in [5.74, 6) is -1.80. The number of carbonyl (C=O) groups excluding carboxylic acids is 1. The van der Waals surface area contributed by atoms with E-state index >= 15 is 0 Å². The van der Waals surface area contributed by atoms with E-state index in [9.17, 15) is 19.5 Å². The fourth-order valence-corrected chi connectivity index (χ4v) is 2.95. The van der Waals surface area contributed by atoms with Crippen LogP contribution in [0.2, 0.25) is 5.02 Å². The molecule has 1 aromatic carbocycles. The Bertz CT molecular complexity index is 876. The fourth-order valence-electron chi connectivity index (χ4n) is 2.76. The number of amides is 1. The zero-order chi connectivity index (χ0) is 20.0. The van der Waals surface area contributed by atoms with E-state index in [4.69, 9.17) is 11.6 Å². The molecule has 0 spiro atoms. The van der Waals surface area contributed by atoms with Crippen molar-refractivity contribution in [2.75, 3.05) is 6.54 Å². The Kier molecular flexibility index (Phi) is 7.19. The third kappa shape index (κ3) is 5.96. The minimum atomic E-state index is -0.937. The Labute approximate surface area is 162 Å². The van der Waals surface area contributed by atoms with Crippen LogP contribution in [0.5, 0.6) is 0 Å². The molecule has 7 heteroatoms. The molecular formula is C20H23ClN2O4. The van der Waals surface area contributed by atoms with Crippen LogP contribution in [0.1, 0.15) is 36.2 Å². The van der Waals surface area contributed by atoms with Crippen molar-refractivity contribution in [1.29, 1.82) is 0 Å². The molecule has 0 saturated heterocycles. The Morgan fingerprint density at radius 2 is 1.89 bits per heavy atom. The van der Waals surface area contributed by atoms with Crippen molar-refractivity contribution in [2.45, 2.75) is 26.8 Å². The molecule has 1 heterocycles. The maximum Gasteiger partial charge on any atom is 0.308 e. The van der Waals surface area contributed by atoms with Gasteiger partial charge in [0, 0.05) is 23.8 Å². The van der Waals surface area contributed by atoms with Gasteiger partial charge in [-0.05, 0) is 30.0 Å². The molecule has 0 aliphatic heterocycles. The van der Waals surface area contributed by atoms with E-state index in [0.29, 0.717) is 11.4 Å². The van der Waals surface area contributed by atoms with Crippen molar-refractivity contribution < 1.29 is 14.7 Å². The van der Waals surface area contributed by atoms with E-state index in [2.05, 4.69) is 5.32 Å². The summed E-state index contributed by atoms with van der Waals surface area (Å²) in [6.45, 7) is 4.14. The van der Waals surface area contributed by atoms with Crippen LogP contribution in [0.15, 0.2) is 47.4 Å². The highest BCUT2D eigenvalue weighted by Crippen LogP contribution is 2.16. The van der Waals surface area contributed by atoms with Gasteiger partial charge in [-0.15, -0.1) is 0 Å². The number of aromatic nitrogens is 1. The van der Waals surface area contributed by atoms with Gasteiger partial charge in [-0.1, -0.05) is 43.6 Å². The summed E-state index contributed by atoms with van der Waals surface area (Å²) in [5, 5.41) is 12.5. The van der Waals surface area contributed by atoms with E-state index in [1.165, 1.54) is 22.9 Å². The molecular weight excluding hydrogens is 368 g/mol. The lowest BCUT2D eigenvalue weighted by Gasteiger charge is -2.16. The molecule has 27 heavy (non-hydrogen) atoms. The summed E-state index contributed by atoms with van der Waals surface area (Å²) in [6, 6.07) is 9.91. The van der Waals surface area contributed by atoms with Crippen molar-refractivity contribution in [3.63, 3.8) is 0 Å². The summed E-state index contributed by atoms with van der Waals surface area (Å²) in [6.07, 6.45) is 1.93. The van der Waals surface area contributed by atoms with E-state index in [1.54, 1.807) is 12.1 Å². The highest BCUT2D eigenvalue weighted by Gasteiger charge is 2.20. The number of carboxylic acid groups (broad SMARTS) is 1. The number of carbonyl (C=O) groups is 2. The van der Waals surface area contributed by atoms with Gasteiger partial charge in [0.2, 0.25) is 0 Å². The Balaban J connectivity index is 2.12. The number of carboxylic acids is 1. The Hall–Kier alpha value is -2.60. The molecule has 2 rings (SSSR count). The quantitative estimate of drug-likeness (QED) is 0.725. The van der Waals surface area contributed by atoms with Crippen LogP contribution in [-0.4, -0.2) is 28.1 Å². The van der Waals surface area contributed by atoms with Crippen molar-refractivity contribution in [1.82, 2.24) is 9.88 Å². The van der Waals surface area contributed by atoms with Gasteiger partial charge in [-0.2, -0.15) is 0 Å². The first-order chi connectivity index (χ1) is 12.8. The lowest BCUT2D eigenvalue weighted by atomic mass is 9.97. The minimum absolute atomic E-state index is 0.0377. The fraction of sp³-hybridized carbons (Fsp3) is 0.350. The monoisotopic (exact) mass is 390 g/mol. The largest absolute Gasteiger partial charge is 0.481 e. The second-order valence-corrected chi connectivity index (χ2v) is 7.26. The molecule has 1 aromatic heterocycles. The van der Waals surface area contributed by atoms with Gasteiger partial charge in [-0.25, -0.2) is 0 Å². The maximum atomic E-state index is 12.4. The highest BCUT2D eigenvalue weighted by atomic mass is 35.5. The van der Waals surface area contributed by atoms with Crippen LogP contribution < -0.4 is 10.9 Å². The normalized spacial score (nSPS) is 12.0.